The van der Waals surface area contributed by atoms with Gasteiger partial charge in [0.1, 0.15) is 5.82 Å². The van der Waals surface area contributed by atoms with Gasteiger partial charge < -0.3 is 10.5 Å². The molecular weight excluding hydrogens is 307 g/mol. The smallest absolute Gasteiger partial charge is 0.198 e. The lowest BCUT2D eigenvalue weighted by Gasteiger charge is -2.32. The van der Waals surface area contributed by atoms with Gasteiger partial charge in [0.25, 0.3) is 0 Å². The van der Waals surface area contributed by atoms with Crippen LogP contribution in [0.15, 0.2) is 48.7 Å². The highest BCUT2D eigenvalue weighted by Crippen LogP contribution is 2.34. The number of hydrogen-bond acceptors (Lipinski definition) is 4. The maximum atomic E-state index is 14.3. The van der Waals surface area contributed by atoms with Gasteiger partial charge in [0.05, 0.1) is 30.3 Å². The van der Waals surface area contributed by atoms with Crippen LogP contribution in [0.3, 0.4) is 0 Å². The summed E-state index contributed by atoms with van der Waals surface area (Å²) in [6.45, 7) is 2.04. The number of para-hydroxylation sites is 1. The highest BCUT2D eigenvalue weighted by Gasteiger charge is 2.42. The Labute approximate surface area is 138 Å². The van der Waals surface area contributed by atoms with Crippen molar-refractivity contribution in [2.45, 2.75) is 12.6 Å². The number of benzene rings is 1. The van der Waals surface area contributed by atoms with E-state index in [4.69, 9.17) is 10.5 Å². The van der Waals surface area contributed by atoms with E-state index in [2.05, 4.69) is 10.1 Å². The van der Waals surface area contributed by atoms with Gasteiger partial charge in [-0.1, -0.05) is 18.2 Å². The maximum Gasteiger partial charge on any atom is 0.198 e. The van der Waals surface area contributed by atoms with Crippen molar-refractivity contribution in [1.82, 2.24) is 14.8 Å². The van der Waals surface area contributed by atoms with E-state index in [1.807, 2.05) is 43.3 Å². The van der Waals surface area contributed by atoms with Crippen LogP contribution in [-0.4, -0.2) is 28.0 Å². The number of alkyl halides is 1. The number of nitrogens with zero attached hydrogens (tertiary/aromatic N) is 3. The summed E-state index contributed by atoms with van der Waals surface area (Å²) in [6, 6.07) is 13.2. The second-order valence-electron chi connectivity index (χ2n) is 6.00. The number of nitrogens with two attached hydrogens (primary N) is 1. The van der Waals surface area contributed by atoms with Crippen molar-refractivity contribution in [1.29, 1.82) is 0 Å². The molecule has 0 bridgehead atoms. The Morgan fingerprint density at radius 2 is 1.92 bits per heavy atom. The molecule has 1 aromatic carbocycles. The van der Waals surface area contributed by atoms with E-state index < -0.39 is 5.67 Å². The second-order valence-corrected chi connectivity index (χ2v) is 6.00. The lowest BCUT2D eigenvalue weighted by Crippen LogP contribution is -2.43. The summed E-state index contributed by atoms with van der Waals surface area (Å²) in [5.41, 5.74) is 8.45. The molecule has 3 aromatic rings. The highest BCUT2D eigenvalue weighted by atomic mass is 19.1. The lowest BCUT2D eigenvalue weighted by molar-refractivity contribution is -0.137. The molecule has 0 atom stereocenters. The normalized spacial score (nSPS) is 15.9. The van der Waals surface area contributed by atoms with E-state index >= 15 is 0 Å². The third kappa shape index (κ3) is 2.27. The first kappa shape index (κ1) is 14.8. The largest absolute Gasteiger partial charge is 0.383 e. The molecule has 1 aliphatic heterocycles. The topological polar surface area (TPSA) is 66.0 Å². The summed E-state index contributed by atoms with van der Waals surface area (Å²) < 4.78 is 21.0. The summed E-state index contributed by atoms with van der Waals surface area (Å²) in [5, 5.41) is 4.61. The Morgan fingerprint density at radius 3 is 2.50 bits per heavy atom. The molecule has 1 fully saturated rings. The first-order chi connectivity index (χ1) is 11.6. The zero-order valence-electron chi connectivity index (χ0n) is 13.2. The van der Waals surface area contributed by atoms with Crippen LogP contribution in [0.5, 0.6) is 0 Å². The average molecular weight is 324 g/mol. The molecule has 2 aromatic heterocycles. The van der Waals surface area contributed by atoms with Crippen molar-refractivity contribution in [3.8, 4) is 16.9 Å². The monoisotopic (exact) mass is 324 g/mol. The number of anilines is 1. The molecule has 0 radical (unpaired) electrons. The molecule has 0 unspecified atom stereocenters. The molecule has 1 aliphatic rings. The Balaban J connectivity index is 1.72. The van der Waals surface area contributed by atoms with Crippen LogP contribution in [-0.2, 0) is 10.4 Å². The van der Waals surface area contributed by atoms with Crippen LogP contribution in [0.2, 0.25) is 0 Å². The number of hydrogen-bond donors (Lipinski definition) is 1. The minimum atomic E-state index is -1.46. The van der Waals surface area contributed by atoms with E-state index in [0.717, 1.165) is 22.5 Å². The first-order valence-electron chi connectivity index (χ1n) is 7.72. The third-order valence-corrected chi connectivity index (χ3v) is 4.33. The van der Waals surface area contributed by atoms with Gasteiger partial charge in [-0.3, -0.25) is 4.98 Å². The summed E-state index contributed by atoms with van der Waals surface area (Å²) in [7, 11) is 0. The van der Waals surface area contributed by atoms with Crippen LogP contribution in [0, 0.1) is 6.92 Å². The number of pyridine rings is 1. The molecule has 6 heteroatoms. The molecule has 1 saturated heterocycles. The highest BCUT2D eigenvalue weighted by molar-refractivity contribution is 5.68. The fraction of sp³-hybridized carbons (Fsp3) is 0.222. The van der Waals surface area contributed by atoms with Gasteiger partial charge in [0.15, 0.2) is 5.67 Å². The number of halogens is 1. The maximum absolute atomic E-state index is 14.3. The zero-order valence-corrected chi connectivity index (χ0v) is 13.2. The van der Waals surface area contributed by atoms with Crippen LogP contribution in [0.4, 0.5) is 10.2 Å². The molecule has 0 amide bonds. The van der Waals surface area contributed by atoms with Crippen LogP contribution < -0.4 is 5.73 Å². The zero-order chi connectivity index (χ0) is 16.7. The van der Waals surface area contributed by atoms with Crippen molar-refractivity contribution >= 4 is 5.82 Å². The molecule has 0 saturated carbocycles. The Morgan fingerprint density at radius 1 is 1.17 bits per heavy atom. The van der Waals surface area contributed by atoms with E-state index in [9.17, 15) is 4.39 Å². The number of aromatic nitrogens is 3. The molecule has 4 rings (SSSR count). The summed E-state index contributed by atoms with van der Waals surface area (Å²) in [4.78, 5) is 4.26. The minimum Gasteiger partial charge on any atom is -0.383 e. The number of rotatable bonds is 3. The molecule has 2 N–H and O–H groups in total. The van der Waals surface area contributed by atoms with Crippen LogP contribution in [0.1, 0.15) is 11.3 Å². The van der Waals surface area contributed by atoms with Gasteiger partial charge in [-0.15, -0.1) is 0 Å². The van der Waals surface area contributed by atoms with Gasteiger partial charge in [-0.25, -0.2) is 9.07 Å². The summed E-state index contributed by atoms with van der Waals surface area (Å²) >= 11 is 0. The summed E-state index contributed by atoms with van der Waals surface area (Å²) in [6.07, 6.45) is 1.64. The van der Waals surface area contributed by atoms with Crippen molar-refractivity contribution in [2.24, 2.45) is 0 Å². The van der Waals surface area contributed by atoms with E-state index in [1.165, 1.54) is 0 Å². The van der Waals surface area contributed by atoms with Gasteiger partial charge in [0.2, 0.25) is 0 Å². The minimum absolute atomic E-state index is 0.0634. The Kier molecular flexibility index (Phi) is 3.35. The molecule has 24 heavy (non-hydrogen) atoms. The van der Waals surface area contributed by atoms with Crippen molar-refractivity contribution in [3.63, 3.8) is 0 Å². The molecule has 5 nitrogen and oxygen atoms in total. The van der Waals surface area contributed by atoms with E-state index in [1.54, 1.807) is 16.9 Å². The van der Waals surface area contributed by atoms with Crippen LogP contribution >= 0.6 is 0 Å². The van der Waals surface area contributed by atoms with E-state index in [-0.39, 0.29) is 13.2 Å². The molecule has 0 aliphatic carbocycles. The first-order valence-corrected chi connectivity index (χ1v) is 7.72. The van der Waals surface area contributed by atoms with Gasteiger partial charge in [0, 0.05) is 17.3 Å². The number of ether oxygens (including phenoxy) is 1. The SMILES string of the molecule is Cc1c(-c2ccc(C3(F)COC3)nc2)nn(-c2ccccc2)c1N. The Bertz CT molecular complexity index is 870. The van der Waals surface area contributed by atoms with Crippen molar-refractivity contribution in [3.05, 3.63) is 59.9 Å². The fourth-order valence-corrected chi connectivity index (χ4v) is 2.78. The average Bonchev–Trinajstić information content (AvgIpc) is 2.89. The molecular formula is C18H17FN4O. The molecule has 3 heterocycles. The molecule has 0 spiro atoms. The predicted molar refractivity (Wildman–Crippen MR) is 89.5 cm³/mol. The van der Waals surface area contributed by atoms with Crippen LogP contribution in [0.25, 0.3) is 16.9 Å². The lowest BCUT2D eigenvalue weighted by atomic mass is 9.98. The quantitative estimate of drug-likeness (QED) is 0.804. The van der Waals surface area contributed by atoms with Gasteiger partial charge in [-0.05, 0) is 31.2 Å². The molecule has 122 valence electrons. The van der Waals surface area contributed by atoms with E-state index in [0.29, 0.717) is 11.5 Å². The predicted octanol–water partition coefficient (Wildman–Crippen LogP) is 3.02. The standard InChI is InChI=1S/C18H17FN4O/c1-12-16(22-23(17(12)20)14-5-3-2-4-6-14)13-7-8-15(21-9-13)18(19)10-24-11-18/h2-9H,10-11,20H2,1H3. The van der Waals surface area contributed by atoms with Crippen molar-refractivity contribution < 1.29 is 9.13 Å². The number of nitrogen functional groups attached to an aromatic ring is 1. The summed E-state index contributed by atoms with van der Waals surface area (Å²) in [5.74, 6) is 0.578. The van der Waals surface area contributed by atoms with Gasteiger partial charge in [-0.2, -0.15) is 5.10 Å². The second kappa shape index (κ2) is 5.42. The van der Waals surface area contributed by atoms with Gasteiger partial charge >= 0.3 is 0 Å². The fourth-order valence-electron chi connectivity index (χ4n) is 2.78. The third-order valence-electron chi connectivity index (χ3n) is 4.33. The van der Waals surface area contributed by atoms with Crippen molar-refractivity contribution in [2.75, 3.05) is 18.9 Å². The Hall–Kier alpha value is -2.73.